The summed E-state index contributed by atoms with van der Waals surface area (Å²) in [5.74, 6) is 1.08. The fourth-order valence-corrected chi connectivity index (χ4v) is 2.46. The highest BCUT2D eigenvalue weighted by atomic mass is 16.5. The first-order valence-corrected chi connectivity index (χ1v) is 6.72. The number of nitrogens with zero attached hydrogens (tertiary/aromatic N) is 4. The lowest BCUT2D eigenvalue weighted by atomic mass is 10.2. The predicted molar refractivity (Wildman–Crippen MR) is 76.0 cm³/mol. The van der Waals surface area contributed by atoms with E-state index in [1.807, 2.05) is 0 Å². The van der Waals surface area contributed by atoms with E-state index in [0.29, 0.717) is 29.4 Å². The van der Waals surface area contributed by atoms with Gasteiger partial charge in [0.15, 0.2) is 17.0 Å². The molecule has 2 aromatic rings. The second-order valence-electron chi connectivity index (χ2n) is 4.83. The quantitative estimate of drug-likeness (QED) is 0.599. The lowest BCUT2D eigenvalue weighted by Crippen LogP contribution is -2.24. The van der Waals surface area contributed by atoms with Crippen LogP contribution in [0.2, 0.25) is 0 Å². The van der Waals surface area contributed by atoms with Crippen LogP contribution < -0.4 is 10.6 Å². The molecule has 3 rings (SSSR count). The second-order valence-corrected chi connectivity index (χ2v) is 4.83. The Bertz CT molecular complexity index is 645. The number of hydrogen-bond acceptors (Lipinski definition) is 8. The Morgan fingerprint density at radius 2 is 2.19 bits per heavy atom. The molecule has 21 heavy (non-hydrogen) atoms. The molecule has 1 saturated heterocycles. The largest absolute Gasteiger partial charge is 0.394 e. The maximum absolute atomic E-state index is 9.86. The Balaban J connectivity index is 2.04. The molecule has 0 aliphatic carbocycles. The normalized spacial score (nSPS) is 25.4. The summed E-state index contributed by atoms with van der Waals surface area (Å²) in [6.07, 6.45) is 0.293. The minimum absolute atomic E-state index is 0.219. The van der Waals surface area contributed by atoms with Crippen LogP contribution in [0.3, 0.4) is 0 Å². The molecule has 1 aliphatic heterocycles. The highest BCUT2D eigenvalue weighted by Crippen LogP contribution is 2.32. The van der Waals surface area contributed by atoms with Gasteiger partial charge in [0.1, 0.15) is 12.3 Å². The Morgan fingerprint density at radius 1 is 1.38 bits per heavy atom. The van der Waals surface area contributed by atoms with Gasteiger partial charge in [-0.15, -0.1) is 0 Å². The molecule has 114 valence electrons. The van der Waals surface area contributed by atoms with Crippen molar-refractivity contribution in [3.63, 3.8) is 0 Å². The molecule has 1 aliphatic rings. The van der Waals surface area contributed by atoms with Crippen molar-refractivity contribution in [2.75, 3.05) is 31.3 Å². The molecule has 0 spiro atoms. The number of aliphatic hydroxyl groups excluding tert-OH is 2. The molecule has 0 unspecified atom stereocenters. The number of ether oxygens (including phenoxy) is 1. The van der Waals surface area contributed by atoms with Crippen LogP contribution in [0.5, 0.6) is 0 Å². The maximum atomic E-state index is 9.86. The number of aromatic nitrogens is 4. The van der Waals surface area contributed by atoms with Gasteiger partial charge in [-0.3, -0.25) is 4.57 Å². The maximum Gasteiger partial charge on any atom is 0.226 e. The van der Waals surface area contributed by atoms with Crippen molar-refractivity contribution in [2.24, 2.45) is 0 Å². The summed E-state index contributed by atoms with van der Waals surface area (Å²) in [5.41, 5.74) is 1.23. The van der Waals surface area contributed by atoms with Gasteiger partial charge in [0.2, 0.25) is 5.95 Å². The zero-order chi connectivity index (χ0) is 15.0. The Labute approximate surface area is 121 Å². The average Bonchev–Trinajstić information content (AvgIpc) is 3.08. The number of aliphatic hydroxyl groups is 2. The summed E-state index contributed by atoms with van der Waals surface area (Å²) in [4.78, 5) is 13.0. The SMILES string of the molecule is CNc1nc(NC)c2ncn([C@H]3C[C@@H](O)[C@H](CO)O3)c2n1. The molecule has 0 aromatic carbocycles. The van der Waals surface area contributed by atoms with Crippen LogP contribution in [0.15, 0.2) is 6.33 Å². The molecule has 3 heterocycles. The number of nitrogens with one attached hydrogen (secondary N) is 2. The third-order valence-corrected chi connectivity index (χ3v) is 3.58. The average molecular weight is 294 g/mol. The van der Waals surface area contributed by atoms with E-state index < -0.39 is 18.4 Å². The van der Waals surface area contributed by atoms with Crippen molar-refractivity contribution in [1.29, 1.82) is 0 Å². The summed E-state index contributed by atoms with van der Waals surface area (Å²) in [6.45, 7) is -0.219. The molecule has 0 bridgehead atoms. The molecule has 3 atom stereocenters. The van der Waals surface area contributed by atoms with Crippen molar-refractivity contribution < 1.29 is 14.9 Å². The summed E-state index contributed by atoms with van der Waals surface area (Å²) in [6, 6.07) is 0. The van der Waals surface area contributed by atoms with E-state index in [2.05, 4.69) is 25.6 Å². The van der Waals surface area contributed by atoms with E-state index >= 15 is 0 Å². The van der Waals surface area contributed by atoms with E-state index in [0.717, 1.165) is 0 Å². The van der Waals surface area contributed by atoms with E-state index in [1.165, 1.54) is 0 Å². The van der Waals surface area contributed by atoms with Gasteiger partial charge in [-0.25, -0.2) is 4.98 Å². The van der Waals surface area contributed by atoms with Gasteiger partial charge in [-0.1, -0.05) is 0 Å². The first-order valence-electron chi connectivity index (χ1n) is 6.72. The summed E-state index contributed by atoms with van der Waals surface area (Å²) in [7, 11) is 3.50. The Hall–Kier alpha value is -1.97. The zero-order valence-electron chi connectivity index (χ0n) is 11.8. The van der Waals surface area contributed by atoms with E-state index in [1.54, 1.807) is 25.0 Å². The van der Waals surface area contributed by atoms with Crippen LogP contribution >= 0.6 is 0 Å². The number of fused-ring (bicyclic) bond motifs is 1. The van der Waals surface area contributed by atoms with Crippen molar-refractivity contribution in [3.05, 3.63) is 6.33 Å². The second kappa shape index (κ2) is 5.43. The van der Waals surface area contributed by atoms with Crippen LogP contribution in [0.4, 0.5) is 11.8 Å². The standard InChI is InChI=1S/C12H18N6O3/c1-13-10-9-11(17-12(14-2)16-10)18(5-15-9)8-3-6(20)7(4-19)21-8/h5-8,19-20H,3-4H2,1-2H3,(H2,13,14,16,17)/t6-,7+,8-/m1/s1. The fourth-order valence-electron chi connectivity index (χ4n) is 2.46. The van der Waals surface area contributed by atoms with E-state index in [9.17, 15) is 10.2 Å². The number of rotatable bonds is 4. The summed E-state index contributed by atoms with van der Waals surface area (Å²) in [5, 5.41) is 24.9. The minimum atomic E-state index is -0.702. The number of imidazole rings is 1. The molecule has 0 amide bonds. The van der Waals surface area contributed by atoms with Crippen LogP contribution in [-0.4, -0.2) is 62.6 Å². The highest BCUT2D eigenvalue weighted by Gasteiger charge is 2.35. The van der Waals surface area contributed by atoms with Crippen molar-refractivity contribution in [1.82, 2.24) is 19.5 Å². The fraction of sp³-hybridized carbons (Fsp3) is 0.583. The molecule has 9 nitrogen and oxygen atoms in total. The van der Waals surface area contributed by atoms with Crippen LogP contribution in [-0.2, 0) is 4.74 Å². The van der Waals surface area contributed by atoms with Crippen molar-refractivity contribution in [2.45, 2.75) is 24.9 Å². The summed E-state index contributed by atoms with van der Waals surface area (Å²) < 4.78 is 7.39. The molecule has 1 fully saturated rings. The lowest BCUT2D eigenvalue weighted by Gasteiger charge is -2.14. The smallest absolute Gasteiger partial charge is 0.226 e. The predicted octanol–water partition coefficient (Wildman–Crippen LogP) is -0.450. The zero-order valence-corrected chi connectivity index (χ0v) is 11.8. The topological polar surface area (TPSA) is 117 Å². The third kappa shape index (κ3) is 2.28. The van der Waals surface area contributed by atoms with Gasteiger partial charge in [-0.2, -0.15) is 9.97 Å². The lowest BCUT2D eigenvalue weighted by molar-refractivity contribution is -0.0432. The first-order chi connectivity index (χ1) is 10.2. The molecule has 0 radical (unpaired) electrons. The molecule has 4 N–H and O–H groups in total. The minimum Gasteiger partial charge on any atom is -0.394 e. The van der Waals surface area contributed by atoms with Gasteiger partial charge in [-0.05, 0) is 0 Å². The van der Waals surface area contributed by atoms with Crippen LogP contribution in [0.1, 0.15) is 12.6 Å². The van der Waals surface area contributed by atoms with Crippen LogP contribution in [0, 0.1) is 0 Å². The van der Waals surface area contributed by atoms with Gasteiger partial charge < -0.3 is 25.6 Å². The van der Waals surface area contributed by atoms with Crippen molar-refractivity contribution in [3.8, 4) is 0 Å². The molecular formula is C12H18N6O3. The van der Waals surface area contributed by atoms with Gasteiger partial charge >= 0.3 is 0 Å². The summed E-state index contributed by atoms with van der Waals surface area (Å²) >= 11 is 0. The van der Waals surface area contributed by atoms with Gasteiger partial charge in [0, 0.05) is 20.5 Å². The van der Waals surface area contributed by atoms with Crippen molar-refractivity contribution >= 4 is 22.9 Å². The monoisotopic (exact) mass is 294 g/mol. The first kappa shape index (κ1) is 14.0. The Kier molecular flexibility index (Phi) is 3.62. The molecular weight excluding hydrogens is 276 g/mol. The molecule has 2 aromatic heterocycles. The highest BCUT2D eigenvalue weighted by molar-refractivity contribution is 5.84. The Morgan fingerprint density at radius 3 is 2.81 bits per heavy atom. The molecule has 9 heteroatoms. The van der Waals surface area contributed by atoms with E-state index in [4.69, 9.17) is 4.74 Å². The van der Waals surface area contributed by atoms with Gasteiger partial charge in [0.25, 0.3) is 0 Å². The van der Waals surface area contributed by atoms with Crippen LogP contribution in [0.25, 0.3) is 11.2 Å². The third-order valence-electron chi connectivity index (χ3n) is 3.58. The van der Waals surface area contributed by atoms with Gasteiger partial charge in [0.05, 0.1) is 19.0 Å². The number of anilines is 2. The molecule has 0 saturated carbocycles. The van der Waals surface area contributed by atoms with E-state index in [-0.39, 0.29) is 6.61 Å². The number of hydrogen-bond donors (Lipinski definition) is 4.